The molecule has 0 fully saturated rings. The standard InChI is InChI=1S/C21H23ClFN3O2/c1-14(2)24-21(27)26(12-16-5-3-4-6-19(16)23)13-18-11-20(25-28-18)15-7-9-17(22)10-8-15/h3-10,14,18H,11-13H2,1-2H3,(H,24,27)/t18-/m1/s1. The molecule has 3 rings (SSSR count). The molecule has 0 unspecified atom stereocenters. The fourth-order valence-corrected chi connectivity index (χ4v) is 3.10. The lowest BCUT2D eigenvalue weighted by Gasteiger charge is -2.26. The van der Waals surface area contributed by atoms with Crippen LogP contribution in [0, 0.1) is 5.82 Å². The highest BCUT2D eigenvalue weighted by Crippen LogP contribution is 2.20. The van der Waals surface area contributed by atoms with Crippen LogP contribution in [-0.4, -0.2) is 35.3 Å². The molecular formula is C21H23ClFN3O2. The number of halogens is 2. The first kappa shape index (κ1) is 20.1. The minimum Gasteiger partial charge on any atom is -0.390 e. The van der Waals surface area contributed by atoms with Crippen molar-refractivity contribution in [2.45, 2.75) is 39.0 Å². The number of nitrogens with one attached hydrogen (secondary N) is 1. The Morgan fingerprint density at radius 3 is 2.68 bits per heavy atom. The topological polar surface area (TPSA) is 53.9 Å². The van der Waals surface area contributed by atoms with Crippen molar-refractivity contribution in [2.24, 2.45) is 5.16 Å². The van der Waals surface area contributed by atoms with E-state index in [0.717, 1.165) is 11.3 Å². The van der Waals surface area contributed by atoms with E-state index in [-0.39, 0.29) is 30.5 Å². The quantitative estimate of drug-likeness (QED) is 0.766. The lowest BCUT2D eigenvalue weighted by molar-refractivity contribution is 0.0584. The normalized spacial score (nSPS) is 15.9. The molecule has 0 aliphatic carbocycles. The molecule has 1 aliphatic rings. The van der Waals surface area contributed by atoms with Gasteiger partial charge in [0.15, 0.2) is 6.10 Å². The van der Waals surface area contributed by atoms with Crippen molar-refractivity contribution in [3.8, 4) is 0 Å². The maximum Gasteiger partial charge on any atom is 0.318 e. The Kier molecular flexibility index (Phi) is 6.52. The molecule has 0 spiro atoms. The van der Waals surface area contributed by atoms with Crippen LogP contribution in [0.4, 0.5) is 9.18 Å². The van der Waals surface area contributed by atoms with Crippen LogP contribution in [0.3, 0.4) is 0 Å². The van der Waals surface area contributed by atoms with Gasteiger partial charge in [-0.15, -0.1) is 0 Å². The second kappa shape index (κ2) is 9.06. The third-order valence-corrected chi connectivity index (χ3v) is 4.60. The van der Waals surface area contributed by atoms with Crippen LogP contribution in [-0.2, 0) is 11.4 Å². The summed E-state index contributed by atoms with van der Waals surface area (Å²) < 4.78 is 14.1. The highest BCUT2D eigenvalue weighted by atomic mass is 35.5. The van der Waals surface area contributed by atoms with Crippen molar-refractivity contribution in [1.82, 2.24) is 10.2 Å². The van der Waals surface area contributed by atoms with Crippen LogP contribution < -0.4 is 5.32 Å². The lowest BCUT2D eigenvalue weighted by atomic mass is 10.0. The van der Waals surface area contributed by atoms with E-state index >= 15 is 0 Å². The SMILES string of the molecule is CC(C)NC(=O)N(Cc1ccccc1F)C[C@H]1CC(c2ccc(Cl)cc2)=NO1. The van der Waals surface area contributed by atoms with Crippen LogP contribution in [0.5, 0.6) is 0 Å². The number of carbonyl (C=O) groups is 1. The minimum atomic E-state index is -0.338. The third kappa shape index (κ3) is 5.23. The Morgan fingerprint density at radius 2 is 2.00 bits per heavy atom. The Morgan fingerprint density at radius 1 is 1.29 bits per heavy atom. The summed E-state index contributed by atoms with van der Waals surface area (Å²) in [5, 5.41) is 7.67. The third-order valence-electron chi connectivity index (χ3n) is 4.35. The van der Waals surface area contributed by atoms with Crippen LogP contribution in [0.25, 0.3) is 0 Å². The van der Waals surface area contributed by atoms with Gasteiger partial charge in [-0.05, 0) is 37.6 Å². The van der Waals surface area contributed by atoms with Crippen molar-refractivity contribution in [1.29, 1.82) is 0 Å². The number of benzene rings is 2. The maximum absolute atomic E-state index is 14.1. The first-order valence-corrected chi connectivity index (χ1v) is 9.57. The number of amides is 2. The van der Waals surface area contributed by atoms with E-state index in [1.54, 1.807) is 35.2 Å². The monoisotopic (exact) mass is 403 g/mol. The molecule has 1 aliphatic heterocycles. The van der Waals surface area contributed by atoms with Gasteiger partial charge in [0.25, 0.3) is 0 Å². The van der Waals surface area contributed by atoms with E-state index in [9.17, 15) is 9.18 Å². The van der Waals surface area contributed by atoms with Gasteiger partial charge in [0, 0.05) is 23.0 Å². The number of oxime groups is 1. The molecule has 28 heavy (non-hydrogen) atoms. The smallest absolute Gasteiger partial charge is 0.318 e. The fraction of sp³-hybridized carbons (Fsp3) is 0.333. The van der Waals surface area contributed by atoms with E-state index in [0.29, 0.717) is 23.6 Å². The molecule has 2 aromatic carbocycles. The molecule has 0 saturated carbocycles. The Balaban J connectivity index is 1.68. The van der Waals surface area contributed by atoms with Crippen molar-refractivity contribution < 1.29 is 14.0 Å². The summed E-state index contributed by atoms with van der Waals surface area (Å²) in [4.78, 5) is 19.7. The molecular weight excluding hydrogens is 381 g/mol. The van der Waals surface area contributed by atoms with Crippen LogP contribution >= 0.6 is 11.6 Å². The maximum atomic E-state index is 14.1. The first-order chi connectivity index (χ1) is 13.4. The summed E-state index contributed by atoms with van der Waals surface area (Å²) in [5.41, 5.74) is 2.19. The van der Waals surface area contributed by atoms with E-state index in [2.05, 4.69) is 10.5 Å². The van der Waals surface area contributed by atoms with Crippen molar-refractivity contribution in [3.05, 3.63) is 70.5 Å². The first-order valence-electron chi connectivity index (χ1n) is 9.20. The van der Waals surface area contributed by atoms with E-state index in [4.69, 9.17) is 16.4 Å². The van der Waals surface area contributed by atoms with Crippen LogP contribution in [0.15, 0.2) is 53.7 Å². The summed E-state index contributed by atoms with van der Waals surface area (Å²) in [6.45, 7) is 4.22. The molecule has 148 valence electrons. The summed E-state index contributed by atoms with van der Waals surface area (Å²) in [5.74, 6) is -0.338. The van der Waals surface area contributed by atoms with Crippen molar-refractivity contribution in [3.63, 3.8) is 0 Å². The largest absolute Gasteiger partial charge is 0.390 e. The highest BCUT2D eigenvalue weighted by molar-refractivity contribution is 6.30. The number of nitrogens with zero attached hydrogens (tertiary/aromatic N) is 2. The molecule has 7 heteroatoms. The molecule has 0 bridgehead atoms. The molecule has 1 atom stereocenters. The molecule has 0 saturated heterocycles. The number of rotatable bonds is 6. The van der Waals surface area contributed by atoms with Gasteiger partial charge in [0.1, 0.15) is 5.82 Å². The zero-order valence-electron chi connectivity index (χ0n) is 15.9. The average Bonchev–Trinajstić information content (AvgIpc) is 3.11. The molecule has 2 amide bonds. The van der Waals surface area contributed by atoms with Crippen LogP contribution in [0.1, 0.15) is 31.4 Å². The molecule has 0 radical (unpaired) electrons. The predicted octanol–water partition coefficient (Wildman–Crippen LogP) is 4.59. The van der Waals surface area contributed by atoms with Crippen LogP contribution in [0.2, 0.25) is 5.02 Å². The number of hydrogen-bond acceptors (Lipinski definition) is 3. The Labute approximate surface area is 169 Å². The average molecular weight is 404 g/mol. The van der Waals surface area contributed by atoms with Gasteiger partial charge in [-0.25, -0.2) is 9.18 Å². The van der Waals surface area contributed by atoms with Gasteiger partial charge in [0.05, 0.1) is 18.8 Å². The molecule has 0 aromatic heterocycles. The van der Waals surface area contributed by atoms with Gasteiger partial charge in [0.2, 0.25) is 0 Å². The Bertz CT molecular complexity index is 855. The zero-order chi connectivity index (χ0) is 20.1. The van der Waals surface area contributed by atoms with E-state index in [1.165, 1.54) is 6.07 Å². The molecule has 1 heterocycles. The Hall–Kier alpha value is -2.60. The van der Waals surface area contributed by atoms with Gasteiger partial charge in [-0.1, -0.05) is 47.1 Å². The van der Waals surface area contributed by atoms with Gasteiger partial charge >= 0.3 is 6.03 Å². The fourth-order valence-electron chi connectivity index (χ4n) is 2.97. The van der Waals surface area contributed by atoms with Gasteiger partial charge in [-0.3, -0.25) is 0 Å². The summed E-state index contributed by atoms with van der Waals surface area (Å²) in [6.07, 6.45) is 0.264. The summed E-state index contributed by atoms with van der Waals surface area (Å²) in [6, 6.07) is 13.5. The lowest BCUT2D eigenvalue weighted by Crippen LogP contribution is -2.45. The molecule has 5 nitrogen and oxygen atoms in total. The number of carbonyl (C=O) groups excluding carboxylic acids is 1. The summed E-state index contributed by atoms with van der Waals surface area (Å²) in [7, 11) is 0. The number of urea groups is 1. The van der Waals surface area contributed by atoms with E-state index < -0.39 is 0 Å². The highest BCUT2D eigenvalue weighted by Gasteiger charge is 2.27. The predicted molar refractivity (Wildman–Crippen MR) is 108 cm³/mol. The van der Waals surface area contributed by atoms with Crippen molar-refractivity contribution >= 4 is 23.3 Å². The van der Waals surface area contributed by atoms with E-state index in [1.807, 2.05) is 26.0 Å². The second-order valence-corrected chi connectivity index (χ2v) is 7.49. The molecule has 1 N–H and O–H groups in total. The minimum absolute atomic E-state index is 0.0269. The van der Waals surface area contributed by atoms with Gasteiger partial charge < -0.3 is 15.1 Å². The van der Waals surface area contributed by atoms with Gasteiger partial charge in [-0.2, -0.15) is 0 Å². The summed E-state index contributed by atoms with van der Waals surface area (Å²) >= 11 is 5.93. The van der Waals surface area contributed by atoms with Crippen molar-refractivity contribution in [2.75, 3.05) is 6.54 Å². The zero-order valence-corrected chi connectivity index (χ0v) is 16.6. The molecule has 2 aromatic rings. The second-order valence-electron chi connectivity index (χ2n) is 7.05. The number of hydrogen-bond donors (Lipinski definition) is 1.